The van der Waals surface area contributed by atoms with Crippen molar-refractivity contribution in [2.75, 3.05) is 38.0 Å². The first-order chi connectivity index (χ1) is 13.3. The molecule has 0 bridgehead atoms. The fourth-order valence-corrected chi connectivity index (χ4v) is 3.41. The van der Waals surface area contributed by atoms with Gasteiger partial charge in [-0.25, -0.2) is 13.2 Å². The van der Waals surface area contributed by atoms with E-state index in [4.69, 9.17) is 18.9 Å². The van der Waals surface area contributed by atoms with Gasteiger partial charge in [0.05, 0.1) is 44.2 Å². The molecule has 0 aromatic heterocycles. The summed E-state index contributed by atoms with van der Waals surface area (Å²) in [7, 11) is 0.336. The molecule has 0 aliphatic rings. The van der Waals surface area contributed by atoms with E-state index in [2.05, 4.69) is 10.0 Å². The summed E-state index contributed by atoms with van der Waals surface area (Å²) in [6.07, 6.45) is -0.722. The van der Waals surface area contributed by atoms with Gasteiger partial charge in [0.15, 0.2) is 0 Å². The number of nitrogens with one attached hydrogen (secondary N) is 2. The maximum atomic E-state index is 12.8. The highest BCUT2D eigenvalue weighted by atomic mass is 32.2. The molecule has 0 saturated heterocycles. The molecule has 0 radical (unpaired) electrons. The molecule has 1 amide bonds. The average molecular weight is 410 g/mol. The van der Waals surface area contributed by atoms with Gasteiger partial charge in [-0.15, -0.1) is 0 Å². The van der Waals surface area contributed by atoms with Gasteiger partial charge >= 0.3 is 6.09 Å². The van der Waals surface area contributed by atoms with Crippen molar-refractivity contribution in [2.45, 2.75) is 11.8 Å². The molecule has 0 fully saturated rings. The van der Waals surface area contributed by atoms with E-state index in [0.717, 1.165) is 0 Å². The van der Waals surface area contributed by atoms with Crippen LogP contribution in [-0.4, -0.2) is 42.4 Å². The van der Waals surface area contributed by atoms with Crippen LogP contribution in [0.25, 0.3) is 0 Å². The molecule has 9 nitrogen and oxygen atoms in total. The van der Waals surface area contributed by atoms with Crippen LogP contribution in [0.4, 0.5) is 16.2 Å². The first-order valence-electron chi connectivity index (χ1n) is 8.21. The smallest absolute Gasteiger partial charge is 0.411 e. The van der Waals surface area contributed by atoms with Gasteiger partial charge in [0.25, 0.3) is 10.0 Å². The van der Waals surface area contributed by atoms with Crippen LogP contribution in [0.1, 0.15) is 6.92 Å². The number of amides is 1. The largest absolute Gasteiger partial charge is 0.497 e. The van der Waals surface area contributed by atoms with Crippen molar-refractivity contribution in [2.24, 2.45) is 0 Å². The molecular formula is C18H22N2O7S. The predicted octanol–water partition coefficient (Wildman–Crippen LogP) is 3.08. The first kappa shape index (κ1) is 21.2. The second-order valence-electron chi connectivity index (χ2n) is 5.38. The lowest BCUT2D eigenvalue weighted by atomic mass is 10.3. The molecule has 2 rings (SSSR count). The molecule has 0 unspecified atom stereocenters. The van der Waals surface area contributed by atoms with E-state index >= 15 is 0 Å². The number of hydrogen-bond acceptors (Lipinski definition) is 7. The van der Waals surface area contributed by atoms with Crippen molar-refractivity contribution < 1.29 is 32.2 Å². The van der Waals surface area contributed by atoms with E-state index in [9.17, 15) is 13.2 Å². The minimum absolute atomic E-state index is 0.0852. The van der Waals surface area contributed by atoms with E-state index < -0.39 is 16.1 Å². The SMILES string of the molecule is CCOC(=O)Nc1cc(S(=O)(=O)Nc2ccc(OC)cc2OC)ccc1OC. The zero-order chi connectivity index (χ0) is 20.7. The van der Waals surface area contributed by atoms with Crippen LogP contribution in [0, 0.1) is 0 Å². The van der Waals surface area contributed by atoms with Gasteiger partial charge in [0, 0.05) is 6.07 Å². The number of ether oxygens (including phenoxy) is 4. The maximum absolute atomic E-state index is 12.8. The van der Waals surface area contributed by atoms with Crippen LogP contribution in [0.15, 0.2) is 41.3 Å². The first-order valence-corrected chi connectivity index (χ1v) is 9.69. The highest BCUT2D eigenvalue weighted by Crippen LogP contribution is 2.32. The van der Waals surface area contributed by atoms with Crippen LogP contribution in [-0.2, 0) is 14.8 Å². The van der Waals surface area contributed by atoms with Crippen molar-refractivity contribution in [1.29, 1.82) is 0 Å². The van der Waals surface area contributed by atoms with E-state index in [1.807, 2.05) is 0 Å². The second kappa shape index (κ2) is 9.18. The molecule has 0 heterocycles. The van der Waals surface area contributed by atoms with E-state index in [1.165, 1.54) is 45.6 Å². The third kappa shape index (κ3) is 4.97. The number of carbonyl (C=O) groups is 1. The highest BCUT2D eigenvalue weighted by Gasteiger charge is 2.20. The summed E-state index contributed by atoms with van der Waals surface area (Å²) in [5, 5.41) is 2.46. The number of carbonyl (C=O) groups excluding carboxylic acids is 1. The molecule has 0 saturated carbocycles. The average Bonchev–Trinajstić information content (AvgIpc) is 2.68. The minimum atomic E-state index is -3.98. The highest BCUT2D eigenvalue weighted by molar-refractivity contribution is 7.92. The lowest BCUT2D eigenvalue weighted by Gasteiger charge is -2.15. The Hall–Kier alpha value is -3.14. The molecule has 0 aliphatic heterocycles. The summed E-state index contributed by atoms with van der Waals surface area (Å²) in [6, 6.07) is 8.74. The summed E-state index contributed by atoms with van der Waals surface area (Å²) >= 11 is 0. The Labute approximate surface area is 163 Å². The molecule has 28 heavy (non-hydrogen) atoms. The molecule has 0 aliphatic carbocycles. The van der Waals surface area contributed by atoms with Crippen molar-refractivity contribution in [3.05, 3.63) is 36.4 Å². The van der Waals surface area contributed by atoms with Crippen molar-refractivity contribution in [3.8, 4) is 17.2 Å². The molecule has 10 heteroatoms. The molecule has 152 valence electrons. The molecule has 2 aromatic carbocycles. The van der Waals surface area contributed by atoms with Gasteiger partial charge in [0.1, 0.15) is 17.2 Å². The Morgan fingerprint density at radius 1 is 0.929 bits per heavy atom. The van der Waals surface area contributed by atoms with E-state index in [1.54, 1.807) is 19.1 Å². The third-order valence-corrected chi connectivity index (χ3v) is 5.01. The number of anilines is 2. The van der Waals surface area contributed by atoms with E-state index in [-0.39, 0.29) is 28.6 Å². The van der Waals surface area contributed by atoms with Crippen LogP contribution in [0.5, 0.6) is 17.2 Å². The zero-order valence-corrected chi connectivity index (χ0v) is 16.8. The summed E-state index contributed by atoms with van der Waals surface area (Å²) in [6.45, 7) is 1.83. The molecular weight excluding hydrogens is 388 g/mol. The van der Waals surface area contributed by atoms with Gasteiger partial charge in [-0.05, 0) is 37.3 Å². The summed E-state index contributed by atoms with van der Waals surface area (Å²) in [5.74, 6) is 1.10. The van der Waals surface area contributed by atoms with E-state index in [0.29, 0.717) is 11.5 Å². The fourth-order valence-electron chi connectivity index (χ4n) is 2.32. The van der Waals surface area contributed by atoms with Gasteiger partial charge in [-0.2, -0.15) is 0 Å². The number of rotatable bonds is 8. The summed E-state index contributed by atoms with van der Waals surface area (Å²) in [5.41, 5.74) is 0.393. The van der Waals surface area contributed by atoms with Crippen LogP contribution in [0.3, 0.4) is 0 Å². The van der Waals surface area contributed by atoms with Crippen molar-refractivity contribution in [1.82, 2.24) is 0 Å². The van der Waals surface area contributed by atoms with Crippen LogP contribution >= 0.6 is 0 Å². The van der Waals surface area contributed by atoms with Crippen molar-refractivity contribution >= 4 is 27.5 Å². The van der Waals surface area contributed by atoms with Gasteiger partial charge in [-0.3, -0.25) is 10.0 Å². The number of benzene rings is 2. The maximum Gasteiger partial charge on any atom is 0.411 e. The second-order valence-corrected chi connectivity index (χ2v) is 7.06. The molecule has 0 atom stereocenters. The monoisotopic (exact) mass is 410 g/mol. The minimum Gasteiger partial charge on any atom is -0.497 e. The van der Waals surface area contributed by atoms with Crippen LogP contribution in [0.2, 0.25) is 0 Å². The Balaban J connectivity index is 2.36. The van der Waals surface area contributed by atoms with Crippen molar-refractivity contribution in [3.63, 3.8) is 0 Å². The quantitative estimate of drug-likeness (QED) is 0.688. The van der Waals surface area contributed by atoms with Crippen LogP contribution < -0.4 is 24.2 Å². The summed E-state index contributed by atoms with van der Waals surface area (Å²) < 4.78 is 48.3. The lowest BCUT2D eigenvalue weighted by molar-refractivity contribution is 0.168. The third-order valence-electron chi connectivity index (χ3n) is 3.65. The van der Waals surface area contributed by atoms with Gasteiger partial charge < -0.3 is 18.9 Å². The summed E-state index contributed by atoms with van der Waals surface area (Å²) in [4.78, 5) is 11.6. The topological polar surface area (TPSA) is 112 Å². The fraction of sp³-hybridized carbons (Fsp3) is 0.278. The molecule has 2 aromatic rings. The van der Waals surface area contributed by atoms with Gasteiger partial charge in [-0.1, -0.05) is 0 Å². The number of methoxy groups -OCH3 is 3. The Kier molecular flexibility index (Phi) is 6.94. The zero-order valence-electron chi connectivity index (χ0n) is 15.9. The predicted molar refractivity (Wildman–Crippen MR) is 104 cm³/mol. The van der Waals surface area contributed by atoms with Gasteiger partial charge in [0.2, 0.25) is 0 Å². The normalized spacial score (nSPS) is 10.7. The lowest BCUT2D eigenvalue weighted by Crippen LogP contribution is -2.16. The Bertz CT molecular complexity index is 945. The molecule has 2 N–H and O–H groups in total. The Morgan fingerprint density at radius 3 is 2.25 bits per heavy atom. The molecule has 0 spiro atoms. The standard InChI is InChI=1S/C18H22N2O7S/c1-5-27-18(21)19-15-11-13(7-9-16(15)25-3)28(22,23)20-14-8-6-12(24-2)10-17(14)26-4/h6-11,20H,5H2,1-4H3,(H,19,21). The number of sulfonamides is 1. The Morgan fingerprint density at radius 2 is 1.64 bits per heavy atom. The number of hydrogen-bond donors (Lipinski definition) is 2.